The first-order valence-corrected chi connectivity index (χ1v) is 11.6. The Morgan fingerprint density at radius 3 is 2.65 bits per heavy atom. The van der Waals surface area contributed by atoms with Gasteiger partial charge in [0, 0.05) is 29.2 Å². The van der Waals surface area contributed by atoms with Gasteiger partial charge in [0.2, 0.25) is 0 Å². The highest BCUT2D eigenvalue weighted by Crippen LogP contribution is 2.42. The molecule has 0 spiro atoms. The standard InChI is InChI=1S/C27H33N3O/c1-4-8-20(29-19(2)3)9-7-12-26-25(18-28)24-16-15-23(31-22-10-5-6-11-22)17-27(24)30(26)21-13-14-21/h4,7-9,12,15-17,19,21-22,29H,5-6,10-11,13-14H2,1-3H3/b8-4-,12-7+,20-9+. The molecule has 162 valence electrons. The SMILES string of the molecule is C\C=C/C(=C\C=C\c1c(C#N)c2ccc(OC3CCCC3)cc2n1C1CC1)NC(C)C. The molecule has 1 heterocycles. The fourth-order valence-corrected chi connectivity index (χ4v) is 4.50. The van der Waals surface area contributed by atoms with Crippen LogP contribution in [0.1, 0.15) is 76.6 Å². The average Bonchev–Trinajstić information content (AvgIpc) is 3.35. The molecule has 2 fully saturated rings. The number of hydrogen-bond acceptors (Lipinski definition) is 3. The van der Waals surface area contributed by atoms with Gasteiger partial charge in [0.05, 0.1) is 22.9 Å². The first kappa shape index (κ1) is 21.3. The van der Waals surface area contributed by atoms with Crippen LogP contribution in [0.4, 0.5) is 0 Å². The number of benzene rings is 1. The number of rotatable bonds is 8. The number of aromatic nitrogens is 1. The van der Waals surface area contributed by atoms with Crippen LogP contribution >= 0.6 is 0 Å². The van der Waals surface area contributed by atoms with E-state index in [0.29, 0.717) is 18.2 Å². The van der Waals surface area contributed by atoms with E-state index in [1.807, 2.05) is 19.1 Å². The highest BCUT2D eigenvalue weighted by Gasteiger charge is 2.29. The molecule has 1 N–H and O–H groups in total. The van der Waals surface area contributed by atoms with Crippen molar-refractivity contribution in [3.05, 3.63) is 59.5 Å². The van der Waals surface area contributed by atoms with Crippen LogP contribution < -0.4 is 10.1 Å². The zero-order valence-corrected chi connectivity index (χ0v) is 18.9. The Balaban J connectivity index is 1.72. The van der Waals surface area contributed by atoms with Crippen LogP contribution in [-0.2, 0) is 0 Å². The summed E-state index contributed by atoms with van der Waals surface area (Å²) in [5.41, 5.74) is 3.93. The number of nitriles is 1. The molecule has 4 rings (SSSR count). The van der Waals surface area contributed by atoms with Crippen molar-refractivity contribution >= 4 is 17.0 Å². The van der Waals surface area contributed by atoms with Gasteiger partial charge in [0.25, 0.3) is 0 Å². The smallest absolute Gasteiger partial charge is 0.121 e. The van der Waals surface area contributed by atoms with Crippen LogP contribution in [0.5, 0.6) is 5.75 Å². The molecule has 31 heavy (non-hydrogen) atoms. The van der Waals surface area contributed by atoms with Crippen LogP contribution in [0.25, 0.3) is 17.0 Å². The summed E-state index contributed by atoms with van der Waals surface area (Å²) in [6, 6.07) is 9.54. The van der Waals surface area contributed by atoms with Crippen LogP contribution in [0, 0.1) is 11.3 Å². The molecular weight excluding hydrogens is 382 g/mol. The maximum absolute atomic E-state index is 9.98. The predicted octanol–water partition coefficient (Wildman–Crippen LogP) is 6.64. The fourth-order valence-electron chi connectivity index (χ4n) is 4.50. The van der Waals surface area contributed by atoms with Gasteiger partial charge in [-0.2, -0.15) is 5.26 Å². The largest absolute Gasteiger partial charge is 0.490 e. The van der Waals surface area contributed by atoms with Crippen LogP contribution in [0.15, 0.2) is 48.2 Å². The maximum atomic E-state index is 9.98. The molecule has 2 saturated carbocycles. The minimum atomic E-state index is 0.334. The molecule has 1 aromatic carbocycles. The molecular formula is C27H33N3O. The zero-order chi connectivity index (χ0) is 21.8. The molecule has 0 radical (unpaired) electrons. The summed E-state index contributed by atoms with van der Waals surface area (Å²) < 4.78 is 8.61. The van der Waals surface area contributed by atoms with E-state index < -0.39 is 0 Å². The van der Waals surface area contributed by atoms with E-state index in [1.165, 1.54) is 12.8 Å². The van der Waals surface area contributed by atoms with Crippen molar-refractivity contribution in [3.63, 3.8) is 0 Å². The maximum Gasteiger partial charge on any atom is 0.121 e. The minimum absolute atomic E-state index is 0.334. The molecule has 4 nitrogen and oxygen atoms in total. The lowest BCUT2D eigenvalue weighted by molar-refractivity contribution is 0.210. The van der Waals surface area contributed by atoms with E-state index in [1.54, 1.807) is 0 Å². The van der Waals surface area contributed by atoms with Crippen LogP contribution in [0.3, 0.4) is 0 Å². The van der Waals surface area contributed by atoms with Gasteiger partial charge in [-0.05, 0) is 89.7 Å². The first-order valence-electron chi connectivity index (χ1n) is 11.6. The molecule has 2 aliphatic rings. The fraction of sp³-hybridized carbons (Fsp3) is 0.444. The molecule has 0 amide bonds. The molecule has 0 bridgehead atoms. The molecule has 2 aromatic rings. The van der Waals surface area contributed by atoms with Gasteiger partial charge in [-0.25, -0.2) is 0 Å². The third-order valence-electron chi connectivity index (χ3n) is 5.97. The van der Waals surface area contributed by atoms with Crippen LogP contribution in [-0.4, -0.2) is 16.7 Å². The molecule has 1 aromatic heterocycles. The van der Waals surface area contributed by atoms with E-state index in [-0.39, 0.29) is 0 Å². The second kappa shape index (κ2) is 9.47. The Bertz CT molecular complexity index is 1050. The Morgan fingerprint density at radius 1 is 1.23 bits per heavy atom. The van der Waals surface area contributed by atoms with Crippen molar-refractivity contribution in [3.8, 4) is 11.8 Å². The van der Waals surface area contributed by atoms with Crippen molar-refractivity contribution in [2.24, 2.45) is 0 Å². The minimum Gasteiger partial charge on any atom is -0.490 e. The Kier molecular flexibility index (Phi) is 6.51. The van der Waals surface area contributed by atoms with E-state index in [9.17, 15) is 5.26 Å². The van der Waals surface area contributed by atoms with Crippen molar-refractivity contribution in [1.29, 1.82) is 5.26 Å². The molecule has 0 aliphatic heterocycles. The normalized spacial score (nSPS) is 18.0. The van der Waals surface area contributed by atoms with Gasteiger partial charge in [-0.15, -0.1) is 0 Å². The Morgan fingerprint density at radius 2 is 2.00 bits per heavy atom. The number of hydrogen-bond donors (Lipinski definition) is 1. The van der Waals surface area contributed by atoms with E-state index in [2.05, 4.69) is 66.2 Å². The molecule has 0 atom stereocenters. The van der Waals surface area contributed by atoms with E-state index in [0.717, 1.165) is 59.3 Å². The lowest BCUT2D eigenvalue weighted by Crippen LogP contribution is -2.20. The lowest BCUT2D eigenvalue weighted by Gasteiger charge is -2.14. The topological polar surface area (TPSA) is 50.0 Å². The zero-order valence-electron chi connectivity index (χ0n) is 18.9. The average molecular weight is 416 g/mol. The predicted molar refractivity (Wildman–Crippen MR) is 128 cm³/mol. The van der Waals surface area contributed by atoms with Gasteiger partial charge in [-0.1, -0.05) is 12.2 Å². The van der Waals surface area contributed by atoms with E-state index in [4.69, 9.17) is 4.74 Å². The van der Waals surface area contributed by atoms with Crippen LogP contribution in [0.2, 0.25) is 0 Å². The van der Waals surface area contributed by atoms with Crippen molar-refractivity contribution in [2.75, 3.05) is 0 Å². The van der Waals surface area contributed by atoms with Crippen molar-refractivity contribution in [2.45, 2.75) is 77.5 Å². The summed E-state index contributed by atoms with van der Waals surface area (Å²) in [6.45, 7) is 6.28. The number of allylic oxidation sites excluding steroid dienone is 4. The van der Waals surface area contributed by atoms with Crippen molar-refractivity contribution in [1.82, 2.24) is 9.88 Å². The highest BCUT2D eigenvalue weighted by molar-refractivity contribution is 5.92. The quantitative estimate of drug-likeness (QED) is 0.492. The second-order valence-electron chi connectivity index (χ2n) is 8.96. The van der Waals surface area contributed by atoms with Gasteiger partial charge in [0.1, 0.15) is 11.8 Å². The summed E-state index contributed by atoms with van der Waals surface area (Å²) in [5, 5.41) is 14.4. The monoisotopic (exact) mass is 415 g/mol. The number of nitrogens with one attached hydrogen (secondary N) is 1. The van der Waals surface area contributed by atoms with Gasteiger partial charge >= 0.3 is 0 Å². The molecule has 2 aliphatic carbocycles. The number of ether oxygens (including phenoxy) is 1. The van der Waals surface area contributed by atoms with Gasteiger partial charge in [-0.3, -0.25) is 0 Å². The summed E-state index contributed by atoms with van der Waals surface area (Å²) >= 11 is 0. The van der Waals surface area contributed by atoms with E-state index >= 15 is 0 Å². The summed E-state index contributed by atoms with van der Waals surface area (Å²) in [6.07, 6.45) is 17.8. The van der Waals surface area contributed by atoms with Gasteiger partial charge < -0.3 is 14.6 Å². The third kappa shape index (κ3) is 4.88. The Labute approximate surface area is 185 Å². The summed E-state index contributed by atoms with van der Waals surface area (Å²) in [4.78, 5) is 0. The third-order valence-corrected chi connectivity index (χ3v) is 5.97. The highest BCUT2D eigenvalue weighted by atomic mass is 16.5. The first-order chi connectivity index (χ1) is 15.1. The molecule has 0 unspecified atom stereocenters. The summed E-state index contributed by atoms with van der Waals surface area (Å²) in [5.74, 6) is 0.926. The molecule has 0 saturated heterocycles. The number of nitrogens with zero attached hydrogens (tertiary/aromatic N) is 2. The Hall–Kier alpha value is -2.93. The second-order valence-corrected chi connectivity index (χ2v) is 8.96. The summed E-state index contributed by atoms with van der Waals surface area (Å²) in [7, 11) is 0. The number of fused-ring (bicyclic) bond motifs is 1. The van der Waals surface area contributed by atoms with Gasteiger partial charge in [0.15, 0.2) is 0 Å². The lowest BCUT2D eigenvalue weighted by atomic mass is 10.1. The van der Waals surface area contributed by atoms with Crippen molar-refractivity contribution < 1.29 is 4.74 Å². The molecule has 4 heteroatoms.